The molecule has 1 saturated heterocycles. The lowest BCUT2D eigenvalue weighted by Gasteiger charge is -2.33. The Balaban J connectivity index is 1.59. The van der Waals surface area contributed by atoms with E-state index in [1.807, 2.05) is 13.8 Å². The topological polar surface area (TPSA) is 123 Å². The molecule has 1 aromatic rings. The molecule has 1 aromatic carbocycles. The van der Waals surface area contributed by atoms with Gasteiger partial charge in [0, 0.05) is 0 Å². The highest BCUT2D eigenvalue weighted by molar-refractivity contribution is 6.32. The molecule has 0 unspecified atom stereocenters. The zero-order chi connectivity index (χ0) is 25.0. The second-order valence-corrected chi connectivity index (χ2v) is 9.55. The normalized spacial score (nSPS) is 22.1. The zero-order valence-corrected chi connectivity index (χ0v) is 20.5. The number of benzene rings is 1. The molecular weight excluding hydrogens is 466 g/mol. The van der Waals surface area contributed by atoms with Gasteiger partial charge in [0.15, 0.2) is 18.1 Å². The number of nitrogens with one attached hydrogen (secondary N) is 2. The molecule has 1 aliphatic carbocycles. The van der Waals surface area contributed by atoms with Crippen molar-refractivity contribution in [1.82, 2.24) is 15.8 Å². The van der Waals surface area contributed by atoms with E-state index >= 15 is 0 Å². The molecule has 1 spiro atoms. The maximum atomic E-state index is 12.8. The van der Waals surface area contributed by atoms with E-state index < -0.39 is 36.0 Å². The van der Waals surface area contributed by atoms with Crippen LogP contribution in [-0.2, 0) is 14.3 Å². The number of carbonyl (C=O) groups is 4. The van der Waals surface area contributed by atoms with Gasteiger partial charge in [-0.05, 0) is 49.7 Å². The van der Waals surface area contributed by atoms with Crippen molar-refractivity contribution >= 4 is 35.4 Å². The van der Waals surface area contributed by atoms with Gasteiger partial charge in [0.1, 0.15) is 5.54 Å². The zero-order valence-electron chi connectivity index (χ0n) is 19.7. The Morgan fingerprint density at radius 3 is 2.56 bits per heavy atom. The van der Waals surface area contributed by atoms with Crippen LogP contribution in [0.5, 0.6) is 11.5 Å². The van der Waals surface area contributed by atoms with Crippen molar-refractivity contribution in [2.75, 3.05) is 20.3 Å². The molecule has 2 fully saturated rings. The van der Waals surface area contributed by atoms with Gasteiger partial charge in [-0.25, -0.2) is 9.59 Å². The standard InChI is InChI=1S/C23H30ClN3O7/c1-13(2)11-33-19-16(24)9-15(10-17(19)32-4)20(29)34-12-18(28)26-27-21(30)23(25-22(27)31)7-5-14(3)6-8-23/h9-10,13-14H,5-8,11-12H2,1-4H3,(H,25,31)(H,26,28). The third-order valence-corrected chi connectivity index (χ3v) is 6.17. The van der Waals surface area contributed by atoms with Crippen LogP contribution in [0.2, 0.25) is 5.02 Å². The number of esters is 1. The summed E-state index contributed by atoms with van der Waals surface area (Å²) in [6.45, 7) is 5.75. The van der Waals surface area contributed by atoms with Crippen LogP contribution in [0, 0.1) is 11.8 Å². The second-order valence-electron chi connectivity index (χ2n) is 9.14. The Labute approximate surface area is 203 Å². The molecule has 1 saturated carbocycles. The van der Waals surface area contributed by atoms with Crippen molar-refractivity contribution in [3.8, 4) is 11.5 Å². The van der Waals surface area contributed by atoms with Crippen LogP contribution in [0.15, 0.2) is 12.1 Å². The Kier molecular flexibility index (Phi) is 7.91. The molecule has 1 heterocycles. The number of imide groups is 1. The third kappa shape index (κ3) is 5.55. The van der Waals surface area contributed by atoms with Gasteiger partial charge < -0.3 is 19.5 Å². The van der Waals surface area contributed by atoms with Gasteiger partial charge in [-0.2, -0.15) is 5.01 Å². The summed E-state index contributed by atoms with van der Waals surface area (Å²) >= 11 is 6.25. The minimum atomic E-state index is -0.986. The Morgan fingerprint density at radius 2 is 1.94 bits per heavy atom. The number of amides is 4. The lowest BCUT2D eigenvalue weighted by molar-refractivity contribution is -0.141. The molecule has 186 valence electrons. The van der Waals surface area contributed by atoms with Crippen LogP contribution in [0.3, 0.4) is 0 Å². The molecule has 0 aromatic heterocycles. The maximum absolute atomic E-state index is 12.8. The fraction of sp³-hybridized carbons (Fsp3) is 0.565. The minimum Gasteiger partial charge on any atom is -0.493 e. The number of carbonyl (C=O) groups excluding carboxylic acids is 4. The van der Waals surface area contributed by atoms with E-state index in [1.54, 1.807) is 0 Å². The van der Waals surface area contributed by atoms with Crippen molar-refractivity contribution in [1.29, 1.82) is 0 Å². The van der Waals surface area contributed by atoms with E-state index in [1.165, 1.54) is 19.2 Å². The quantitative estimate of drug-likeness (QED) is 0.419. The first-order valence-corrected chi connectivity index (χ1v) is 11.6. The van der Waals surface area contributed by atoms with Crippen LogP contribution in [0.1, 0.15) is 56.8 Å². The van der Waals surface area contributed by atoms with E-state index in [0.717, 1.165) is 12.8 Å². The smallest absolute Gasteiger partial charge is 0.344 e. The fourth-order valence-corrected chi connectivity index (χ4v) is 4.18. The number of halogens is 1. The van der Waals surface area contributed by atoms with Gasteiger partial charge in [-0.3, -0.25) is 15.0 Å². The number of hydrogen-bond donors (Lipinski definition) is 2. The number of hydrogen-bond acceptors (Lipinski definition) is 7. The molecule has 0 radical (unpaired) electrons. The summed E-state index contributed by atoms with van der Waals surface area (Å²) in [5, 5.41) is 3.52. The van der Waals surface area contributed by atoms with Crippen LogP contribution >= 0.6 is 11.6 Å². The molecule has 0 bridgehead atoms. The molecule has 11 heteroatoms. The summed E-state index contributed by atoms with van der Waals surface area (Å²) < 4.78 is 16.0. The van der Waals surface area contributed by atoms with E-state index in [4.69, 9.17) is 25.8 Å². The van der Waals surface area contributed by atoms with Crippen molar-refractivity contribution in [2.45, 2.75) is 52.0 Å². The van der Waals surface area contributed by atoms with E-state index in [9.17, 15) is 19.2 Å². The summed E-state index contributed by atoms with van der Waals surface area (Å²) in [6.07, 6.45) is 2.64. The maximum Gasteiger partial charge on any atom is 0.344 e. The number of urea groups is 1. The highest BCUT2D eigenvalue weighted by atomic mass is 35.5. The third-order valence-electron chi connectivity index (χ3n) is 5.89. The predicted molar refractivity (Wildman–Crippen MR) is 123 cm³/mol. The SMILES string of the molecule is COc1cc(C(=O)OCC(=O)NN2C(=O)NC3(CCC(C)CC3)C2=O)cc(Cl)c1OCC(C)C. The second kappa shape index (κ2) is 10.5. The largest absolute Gasteiger partial charge is 0.493 e. The van der Waals surface area contributed by atoms with Gasteiger partial charge in [0.2, 0.25) is 0 Å². The van der Waals surface area contributed by atoms with Crippen LogP contribution in [0.4, 0.5) is 4.79 Å². The molecule has 2 aliphatic rings. The van der Waals surface area contributed by atoms with Crippen LogP contribution in [0.25, 0.3) is 0 Å². The molecule has 4 amide bonds. The van der Waals surface area contributed by atoms with E-state index in [2.05, 4.69) is 17.7 Å². The van der Waals surface area contributed by atoms with Gasteiger partial charge in [-0.15, -0.1) is 0 Å². The summed E-state index contributed by atoms with van der Waals surface area (Å²) in [4.78, 5) is 49.9. The van der Waals surface area contributed by atoms with Gasteiger partial charge in [0.05, 0.1) is 24.3 Å². The summed E-state index contributed by atoms with van der Waals surface area (Å²) in [6, 6.07) is 2.05. The summed E-state index contributed by atoms with van der Waals surface area (Å²) in [7, 11) is 1.41. The predicted octanol–water partition coefficient (Wildman–Crippen LogP) is 3.07. The summed E-state index contributed by atoms with van der Waals surface area (Å²) in [5.74, 6) is -0.884. The lowest BCUT2D eigenvalue weighted by atomic mass is 9.77. The van der Waals surface area contributed by atoms with Gasteiger partial charge in [-0.1, -0.05) is 32.4 Å². The number of rotatable bonds is 8. The Morgan fingerprint density at radius 1 is 1.26 bits per heavy atom. The average Bonchev–Trinajstić information content (AvgIpc) is 3.02. The summed E-state index contributed by atoms with van der Waals surface area (Å²) in [5.41, 5.74) is 1.29. The fourth-order valence-electron chi connectivity index (χ4n) is 3.91. The van der Waals surface area contributed by atoms with Crippen molar-refractivity contribution in [2.24, 2.45) is 11.8 Å². The molecule has 10 nitrogen and oxygen atoms in total. The number of hydrazine groups is 1. The number of ether oxygens (including phenoxy) is 3. The first-order valence-electron chi connectivity index (χ1n) is 11.2. The first kappa shape index (κ1) is 25.6. The highest BCUT2D eigenvalue weighted by Gasteiger charge is 2.52. The molecule has 2 N–H and O–H groups in total. The van der Waals surface area contributed by atoms with Crippen molar-refractivity contribution < 1.29 is 33.4 Å². The van der Waals surface area contributed by atoms with E-state index in [-0.39, 0.29) is 22.3 Å². The van der Waals surface area contributed by atoms with E-state index in [0.29, 0.717) is 36.1 Å². The molecular formula is C23H30ClN3O7. The molecule has 0 atom stereocenters. The first-order chi connectivity index (χ1) is 16.1. The lowest BCUT2D eigenvalue weighted by Crippen LogP contribution is -2.52. The van der Waals surface area contributed by atoms with Gasteiger partial charge in [0.25, 0.3) is 11.8 Å². The van der Waals surface area contributed by atoms with Crippen molar-refractivity contribution in [3.05, 3.63) is 22.7 Å². The highest BCUT2D eigenvalue weighted by Crippen LogP contribution is 2.37. The van der Waals surface area contributed by atoms with Gasteiger partial charge >= 0.3 is 12.0 Å². The molecule has 34 heavy (non-hydrogen) atoms. The Hall–Kier alpha value is -3.01. The Bertz CT molecular complexity index is 974. The number of methoxy groups -OCH3 is 1. The number of nitrogens with zero attached hydrogens (tertiary/aromatic N) is 1. The van der Waals surface area contributed by atoms with Crippen LogP contribution in [-0.4, -0.2) is 54.7 Å². The van der Waals surface area contributed by atoms with Crippen molar-refractivity contribution in [3.63, 3.8) is 0 Å². The molecule has 1 aliphatic heterocycles. The average molecular weight is 496 g/mol. The minimum absolute atomic E-state index is 0.0526. The molecule has 3 rings (SSSR count). The monoisotopic (exact) mass is 495 g/mol. The van der Waals surface area contributed by atoms with Crippen LogP contribution < -0.4 is 20.2 Å².